The van der Waals surface area contributed by atoms with E-state index in [9.17, 15) is 18.3 Å². The average Bonchev–Trinajstić information content (AvgIpc) is 2.53. The summed E-state index contributed by atoms with van der Waals surface area (Å²) in [5.41, 5.74) is 0.932. The number of rotatable bonds is 3. The van der Waals surface area contributed by atoms with Gasteiger partial charge in [0, 0.05) is 23.8 Å². The first-order chi connectivity index (χ1) is 11.4. The number of halogens is 4. The van der Waals surface area contributed by atoms with Crippen molar-refractivity contribution in [3.05, 3.63) is 64.8 Å². The molecule has 0 amide bonds. The first-order valence-electron chi connectivity index (χ1n) is 7.02. The molecular weight excluding hydrogens is 341 g/mol. The molecule has 0 saturated heterocycles. The van der Waals surface area contributed by atoms with E-state index in [0.29, 0.717) is 17.7 Å². The van der Waals surface area contributed by atoms with Crippen molar-refractivity contribution in [2.24, 2.45) is 0 Å². The van der Waals surface area contributed by atoms with Crippen molar-refractivity contribution in [2.45, 2.75) is 12.7 Å². The van der Waals surface area contributed by atoms with Crippen molar-refractivity contribution in [1.29, 1.82) is 0 Å². The number of nitrogens with zero attached hydrogens (tertiary/aromatic N) is 1. The molecule has 0 aliphatic heterocycles. The van der Waals surface area contributed by atoms with Gasteiger partial charge in [0.2, 0.25) is 0 Å². The third-order valence-corrected chi connectivity index (χ3v) is 3.91. The van der Waals surface area contributed by atoms with Gasteiger partial charge in [-0.3, -0.25) is 4.98 Å². The average molecular weight is 353 g/mol. The van der Waals surface area contributed by atoms with Crippen molar-refractivity contribution in [1.82, 2.24) is 4.98 Å². The maximum Gasteiger partial charge on any atom is 0.417 e. The van der Waals surface area contributed by atoms with Crippen LogP contribution < -0.4 is 5.32 Å². The Morgan fingerprint density at radius 3 is 2.62 bits per heavy atom. The molecule has 1 heterocycles. The van der Waals surface area contributed by atoms with E-state index < -0.39 is 11.7 Å². The van der Waals surface area contributed by atoms with E-state index in [1.807, 2.05) is 6.07 Å². The number of benzene rings is 2. The van der Waals surface area contributed by atoms with Crippen LogP contribution in [-0.4, -0.2) is 10.1 Å². The molecule has 0 aliphatic carbocycles. The lowest BCUT2D eigenvalue weighted by molar-refractivity contribution is -0.137. The predicted molar refractivity (Wildman–Crippen MR) is 87.2 cm³/mol. The van der Waals surface area contributed by atoms with E-state index in [1.165, 1.54) is 18.2 Å². The first kappa shape index (κ1) is 16.4. The first-order valence-corrected chi connectivity index (χ1v) is 7.40. The molecule has 2 N–H and O–H groups in total. The molecule has 0 unspecified atom stereocenters. The Labute approximate surface area is 140 Å². The van der Waals surface area contributed by atoms with Gasteiger partial charge in [-0.25, -0.2) is 0 Å². The van der Waals surface area contributed by atoms with Crippen LogP contribution in [0.25, 0.3) is 10.9 Å². The van der Waals surface area contributed by atoms with Crippen LogP contribution in [0, 0.1) is 0 Å². The molecule has 0 spiro atoms. The Morgan fingerprint density at radius 2 is 1.92 bits per heavy atom. The van der Waals surface area contributed by atoms with Gasteiger partial charge in [-0.1, -0.05) is 23.7 Å². The SMILES string of the molecule is Oc1ccc(CNc2ccc(C(F)(F)F)c(Cl)c2)c2cccnc12. The number of hydrogen-bond donors (Lipinski definition) is 2. The molecule has 0 radical (unpaired) electrons. The van der Waals surface area contributed by atoms with E-state index in [4.69, 9.17) is 11.6 Å². The van der Waals surface area contributed by atoms with Crippen LogP contribution in [0.5, 0.6) is 5.75 Å². The van der Waals surface area contributed by atoms with Gasteiger partial charge >= 0.3 is 6.18 Å². The van der Waals surface area contributed by atoms with Gasteiger partial charge in [0.1, 0.15) is 11.3 Å². The highest BCUT2D eigenvalue weighted by molar-refractivity contribution is 6.31. The quantitative estimate of drug-likeness (QED) is 0.679. The highest BCUT2D eigenvalue weighted by atomic mass is 35.5. The smallest absolute Gasteiger partial charge is 0.417 e. The number of pyridine rings is 1. The van der Waals surface area contributed by atoms with Crippen molar-refractivity contribution < 1.29 is 18.3 Å². The van der Waals surface area contributed by atoms with Gasteiger partial charge in [-0.05, 0) is 35.9 Å². The molecule has 0 bridgehead atoms. The molecule has 124 valence electrons. The summed E-state index contributed by atoms with van der Waals surface area (Å²) in [6.07, 6.45) is -2.90. The summed E-state index contributed by atoms with van der Waals surface area (Å²) in [6.45, 7) is 0.351. The van der Waals surface area contributed by atoms with Crippen LogP contribution in [0.2, 0.25) is 5.02 Å². The summed E-state index contributed by atoms with van der Waals surface area (Å²) in [5.74, 6) is 0.0759. The van der Waals surface area contributed by atoms with Crippen LogP contribution in [0.3, 0.4) is 0 Å². The zero-order valence-corrected chi connectivity index (χ0v) is 13.0. The van der Waals surface area contributed by atoms with E-state index in [0.717, 1.165) is 17.0 Å². The summed E-state index contributed by atoms with van der Waals surface area (Å²) in [5, 5.41) is 13.3. The molecule has 0 fully saturated rings. The molecule has 1 aromatic heterocycles. The lowest BCUT2D eigenvalue weighted by Gasteiger charge is -2.13. The van der Waals surface area contributed by atoms with E-state index in [1.54, 1.807) is 18.3 Å². The van der Waals surface area contributed by atoms with Gasteiger partial charge in [-0.15, -0.1) is 0 Å². The molecule has 7 heteroatoms. The van der Waals surface area contributed by atoms with Crippen molar-refractivity contribution in [3.63, 3.8) is 0 Å². The zero-order chi connectivity index (χ0) is 17.3. The number of fused-ring (bicyclic) bond motifs is 1. The second kappa shape index (κ2) is 6.20. The Morgan fingerprint density at radius 1 is 1.12 bits per heavy atom. The number of phenolic OH excluding ortho intramolecular Hbond substituents is 1. The molecule has 2 aromatic carbocycles. The minimum atomic E-state index is -4.48. The molecule has 24 heavy (non-hydrogen) atoms. The number of anilines is 1. The Bertz CT molecular complexity index is 897. The molecule has 3 nitrogen and oxygen atoms in total. The second-order valence-corrected chi connectivity index (χ2v) is 5.60. The summed E-state index contributed by atoms with van der Waals surface area (Å²) < 4.78 is 38.1. The fourth-order valence-electron chi connectivity index (χ4n) is 2.42. The number of aromatic hydroxyl groups is 1. The van der Waals surface area contributed by atoms with Gasteiger partial charge in [0.15, 0.2) is 0 Å². The third-order valence-electron chi connectivity index (χ3n) is 3.60. The maximum absolute atomic E-state index is 12.7. The minimum absolute atomic E-state index is 0.0759. The van der Waals surface area contributed by atoms with Crippen molar-refractivity contribution >= 4 is 28.2 Å². The highest BCUT2D eigenvalue weighted by Crippen LogP contribution is 2.36. The summed E-state index contributed by atoms with van der Waals surface area (Å²) in [6, 6.07) is 10.4. The zero-order valence-electron chi connectivity index (χ0n) is 12.2. The fraction of sp³-hybridized carbons (Fsp3) is 0.118. The van der Waals surface area contributed by atoms with Crippen LogP contribution in [0.1, 0.15) is 11.1 Å². The summed E-state index contributed by atoms with van der Waals surface area (Å²) in [4.78, 5) is 4.13. The second-order valence-electron chi connectivity index (χ2n) is 5.19. The topological polar surface area (TPSA) is 45.1 Å². The lowest BCUT2D eigenvalue weighted by atomic mass is 10.1. The van der Waals surface area contributed by atoms with E-state index in [-0.39, 0.29) is 10.8 Å². The predicted octanol–water partition coefficient (Wildman–Crippen LogP) is 5.22. The van der Waals surface area contributed by atoms with Crippen LogP contribution in [-0.2, 0) is 12.7 Å². The maximum atomic E-state index is 12.7. The Kier molecular flexibility index (Phi) is 4.24. The third kappa shape index (κ3) is 3.23. The minimum Gasteiger partial charge on any atom is -0.506 e. The van der Waals surface area contributed by atoms with E-state index in [2.05, 4.69) is 10.3 Å². The van der Waals surface area contributed by atoms with Crippen LogP contribution in [0.15, 0.2) is 48.7 Å². The standard InChI is InChI=1S/C17H12ClF3N2O/c18-14-8-11(4-5-13(14)17(19,20)21)23-9-10-3-6-15(24)16-12(10)2-1-7-22-16/h1-8,23-24H,9H2. The van der Waals surface area contributed by atoms with Crippen LogP contribution in [0.4, 0.5) is 18.9 Å². The van der Waals surface area contributed by atoms with Gasteiger partial charge in [0.25, 0.3) is 0 Å². The van der Waals surface area contributed by atoms with Gasteiger partial charge in [-0.2, -0.15) is 13.2 Å². The number of nitrogens with one attached hydrogen (secondary N) is 1. The lowest BCUT2D eigenvalue weighted by Crippen LogP contribution is -2.07. The molecular formula is C17H12ClF3N2O. The van der Waals surface area contributed by atoms with E-state index >= 15 is 0 Å². The van der Waals surface area contributed by atoms with Crippen LogP contribution >= 0.6 is 11.6 Å². The van der Waals surface area contributed by atoms with Crippen molar-refractivity contribution in [3.8, 4) is 5.75 Å². The van der Waals surface area contributed by atoms with Gasteiger partial charge in [0.05, 0.1) is 10.6 Å². The Balaban J connectivity index is 1.84. The number of aromatic nitrogens is 1. The monoisotopic (exact) mass is 352 g/mol. The molecule has 3 rings (SSSR count). The molecule has 0 atom stereocenters. The largest absolute Gasteiger partial charge is 0.506 e. The summed E-state index contributed by atoms with van der Waals surface area (Å²) in [7, 11) is 0. The molecule has 3 aromatic rings. The molecule has 0 aliphatic rings. The highest BCUT2D eigenvalue weighted by Gasteiger charge is 2.32. The normalized spacial score (nSPS) is 11.7. The number of phenols is 1. The summed E-state index contributed by atoms with van der Waals surface area (Å²) >= 11 is 5.71. The Hall–Kier alpha value is -2.47. The fourth-order valence-corrected chi connectivity index (χ4v) is 2.71. The van der Waals surface area contributed by atoms with Gasteiger partial charge < -0.3 is 10.4 Å². The van der Waals surface area contributed by atoms with Crippen molar-refractivity contribution in [2.75, 3.05) is 5.32 Å². The molecule has 0 saturated carbocycles. The number of alkyl halides is 3. The number of hydrogen-bond acceptors (Lipinski definition) is 3.